The minimum absolute atomic E-state index is 0.247. The fourth-order valence-corrected chi connectivity index (χ4v) is 5.88. The predicted molar refractivity (Wildman–Crippen MR) is 179 cm³/mol. The third-order valence-electron chi connectivity index (χ3n) is 7.48. The summed E-state index contributed by atoms with van der Waals surface area (Å²) in [4.78, 5) is 25.0. The summed E-state index contributed by atoms with van der Waals surface area (Å²) in [6, 6.07) is 17.3. The number of hydrogen-bond donors (Lipinski definition) is 1. The van der Waals surface area contributed by atoms with Gasteiger partial charge in [0.1, 0.15) is 23.1 Å². The van der Waals surface area contributed by atoms with E-state index in [1.54, 1.807) is 43.3 Å². The van der Waals surface area contributed by atoms with E-state index >= 15 is 0 Å². The lowest BCUT2D eigenvalue weighted by atomic mass is 10.0. The van der Waals surface area contributed by atoms with Crippen molar-refractivity contribution in [3.05, 3.63) is 88.7 Å². The second-order valence-corrected chi connectivity index (χ2v) is 12.2. The number of fused-ring (bicyclic) bond motifs is 1. The van der Waals surface area contributed by atoms with Crippen LogP contribution in [-0.4, -0.2) is 63.7 Å². The number of ether oxygens (including phenoxy) is 3. The Labute approximate surface area is 271 Å². The highest BCUT2D eigenvalue weighted by Crippen LogP contribution is 2.48. The number of carbonyl (C=O) groups excluding carboxylic acids is 2. The second-order valence-electron chi connectivity index (χ2n) is 10.6. The van der Waals surface area contributed by atoms with Gasteiger partial charge in [-0.15, -0.1) is 11.8 Å². The Hall–Kier alpha value is -3.51. The molecule has 1 aromatic heterocycles. The van der Waals surface area contributed by atoms with Gasteiger partial charge < -0.3 is 28.2 Å². The largest absolute Gasteiger partial charge is 0.455 e. The van der Waals surface area contributed by atoms with Gasteiger partial charge in [0.25, 0.3) is 5.91 Å². The molecule has 238 valence electrons. The molecule has 0 aliphatic heterocycles. The molecule has 45 heavy (non-hydrogen) atoms. The first kappa shape index (κ1) is 32.9. The average Bonchev–Trinajstić information content (AvgIpc) is 3.85. The van der Waals surface area contributed by atoms with Crippen molar-refractivity contribution in [1.29, 1.82) is 0 Å². The summed E-state index contributed by atoms with van der Waals surface area (Å²) in [6.45, 7) is 2.46. The highest BCUT2D eigenvalue weighted by Gasteiger charge is 2.31. The molecule has 1 N–H and O–H groups in total. The number of esters is 1. The summed E-state index contributed by atoms with van der Waals surface area (Å²) >= 11 is 3.06. The minimum atomic E-state index is -0.351. The van der Waals surface area contributed by atoms with Crippen molar-refractivity contribution in [2.24, 2.45) is 0 Å². The van der Waals surface area contributed by atoms with E-state index < -0.39 is 0 Å². The van der Waals surface area contributed by atoms with E-state index in [0.29, 0.717) is 72.9 Å². The number of nitrogens with zero attached hydrogens (tertiary/aromatic N) is 1. The molecule has 8 nitrogen and oxygen atoms in total. The molecule has 0 unspecified atom stereocenters. The van der Waals surface area contributed by atoms with Gasteiger partial charge >= 0.3 is 5.97 Å². The number of benzene rings is 3. The molecule has 0 spiro atoms. The molecule has 1 aliphatic rings. The van der Waals surface area contributed by atoms with E-state index in [-0.39, 0.29) is 17.7 Å². The molecule has 1 saturated carbocycles. The molecule has 0 radical (unpaired) electrons. The summed E-state index contributed by atoms with van der Waals surface area (Å²) in [5.41, 5.74) is 5.41. The van der Waals surface area contributed by atoms with Crippen molar-refractivity contribution in [1.82, 2.24) is 5.32 Å². The molecular formula is C34H37FN2O6S2. The van der Waals surface area contributed by atoms with Crippen LogP contribution < -0.4 is 9.62 Å². The topological polar surface area (TPSA) is 90.2 Å². The summed E-state index contributed by atoms with van der Waals surface area (Å²) in [5, 5.41) is 3.48. The van der Waals surface area contributed by atoms with Crippen molar-refractivity contribution < 1.29 is 32.6 Å². The van der Waals surface area contributed by atoms with Gasteiger partial charge in [0, 0.05) is 30.3 Å². The fraction of sp³-hybridized carbons (Fsp3) is 0.353. The number of hydrogen-bond acceptors (Lipinski definition) is 9. The molecule has 1 fully saturated rings. The van der Waals surface area contributed by atoms with Gasteiger partial charge in [0.2, 0.25) is 0 Å². The number of anilines is 1. The maximum absolute atomic E-state index is 13.6. The lowest BCUT2D eigenvalue weighted by molar-refractivity contribution is 0.0436. The van der Waals surface area contributed by atoms with E-state index in [9.17, 15) is 14.0 Å². The van der Waals surface area contributed by atoms with Gasteiger partial charge in [-0.2, -0.15) is 0 Å². The molecular weight excluding hydrogens is 616 g/mol. The molecule has 0 atom stereocenters. The third kappa shape index (κ3) is 8.21. The SMILES string of the molecule is CNC(=O)c1c(-c2ccc(F)cc2)oc2cc(N(CCOCCOCc3ccc(C(=O)OCSC)cc3)SC)c(C3CC3)cc12. The minimum Gasteiger partial charge on any atom is -0.455 e. The Balaban J connectivity index is 1.20. The Kier molecular flexibility index (Phi) is 11.4. The van der Waals surface area contributed by atoms with Crippen molar-refractivity contribution >= 4 is 52.2 Å². The number of rotatable bonds is 16. The summed E-state index contributed by atoms with van der Waals surface area (Å²) < 4.78 is 38.9. The molecule has 0 bridgehead atoms. The van der Waals surface area contributed by atoms with Crippen LogP contribution in [0.15, 0.2) is 65.1 Å². The molecule has 11 heteroatoms. The Morgan fingerprint density at radius 1 is 1.00 bits per heavy atom. The van der Waals surface area contributed by atoms with E-state index in [2.05, 4.69) is 15.7 Å². The van der Waals surface area contributed by atoms with Gasteiger partial charge in [0.15, 0.2) is 0 Å². The normalized spacial score (nSPS) is 12.8. The monoisotopic (exact) mass is 652 g/mol. The Morgan fingerprint density at radius 3 is 2.40 bits per heavy atom. The molecule has 0 saturated heterocycles. The Bertz CT molecular complexity index is 1610. The van der Waals surface area contributed by atoms with Gasteiger partial charge in [-0.3, -0.25) is 4.79 Å². The first-order valence-corrected chi connectivity index (χ1v) is 17.3. The molecule has 1 aliphatic carbocycles. The predicted octanol–water partition coefficient (Wildman–Crippen LogP) is 7.27. The maximum Gasteiger partial charge on any atom is 0.338 e. The van der Waals surface area contributed by atoms with Gasteiger partial charge in [-0.1, -0.05) is 24.1 Å². The van der Waals surface area contributed by atoms with Crippen LogP contribution in [0.4, 0.5) is 10.1 Å². The number of halogens is 1. The van der Waals surface area contributed by atoms with E-state index in [1.807, 2.05) is 30.7 Å². The van der Waals surface area contributed by atoms with Crippen LogP contribution in [0.5, 0.6) is 0 Å². The molecule has 1 amide bonds. The average molecular weight is 653 g/mol. The van der Waals surface area contributed by atoms with Crippen LogP contribution in [0.1, 0.15) is 50.6 Å². The lowest BCUT2D eigenvalue weighted by Gasteiger charge is -2.24. The number of nitrogens with one attached hydrogen (secondary N) is 1. The number of amides is 1. The second kappa shape index (κ2) is 15.7. The summed E-state index contributed by atoms with van der Waals surface area (Å²) in [6.07, 6.45) is 6.09. The quantitative estimate of drug-likeness (QED) is 0.0581. The number of thioether (sulfide) groups is 1. The van der Waals surface area contributed by atoms with Crippen LogP contribution in [-0.2, 0) is 20.8 Å². The molecule has 5 rings (SSSR count). The fourth-order valence-electron chi connectivity index (χ4n) is 5.04. The van der Waals surface area contributed by atoms with Crippen molar-refractivity contribution in [2.75, 3.05) is 56.2 Å². The van der Waals surface area contributed by atoms with Crippen LogP contribution in [0.3, 0.4) is 0 Å². The highest BCUT2D eigenvalue weighted by molar-refractivity contribution is 8.00. The first-order valence-electron chi connectivity index (χ1n) is 14.7. The Morgan fingerprint density at radius 2 is 1.73 bits per heavy atom. The van der Waals surface area contributed by atoms with Crippen molar-refractivity contribution in [2.45, 2.75) is 25.4 Å². The van der Waals surface area contributed by atoms with Crippen LogP contribution >= 0.6 is 23.7 Å². The highest BCUT2D eigenvalue weighted by atomic mass is 32.2. The standard InChI is InChI=1S/C34H37FN2O6S2/c1-36-33(38)31-28-18-27(23-8-9-23)29(19-30(28)43-32(31)24-10-12-26(35)13-11-24)37(45-3)14-15-40-16-17-41-20-22-4-6-25(7-5-22)34(39)42-21-44-2/h4-7,10-13,18-19,23H,8-9,14-17,20-21H2,1-3H3,(H,36,38). The van der Waals surface area contributed by atoms with E-state index in [4.69, 9.17) is 18.6 Å². The third-order valence-corrected chi connectivity index (χ3v) is 8.65. The lowest BCUT2D eigenvalue weighted by Crippen LogP contribution is -2.22. The van der Waals surface area contributed by atoms with Crippen molar-refractivity contribution in [3.63, 3.8) is 0 Å². The smallest absolute Gasteiger partial charge is 0.338 e. The summed E-state index contributed by atoms with van der Waals surface area (Å²) in [7, 11) is 1.59. The molecule has 3 aromatic carbocycles. The zero-order valence-electron chi connectivity index (χ0n) is 25.6. The number of furan rings is 1. The van der Waals surface area contributed by atoms with Crippen LogP contribution in [0.2, 0.25) is 0 Å². The van der Waals surface area contributed by atoms with Gasteiger partial charge in [0.05, 0.1) is 49.8 Å². The van der Waals surface area contributed by atoms with Gasteiger partial charge in [-0.25, -0.2) is 9.18 Å². The summed E-state index contributed by atoms with van der Waals surface area (Å²) in [5.74, 6) is 0.247. The van der Waals surface area contributed by atoms with Crippen molar-refractivity contribution in [3.8, 4) is 11.3 Å². The van der Waals surface area contributed by atoms with E-state index in [1.165, 1.54) is 29.5 Å². The zero-order valence-corrected chi connectivity index (χ0v) is 27.2. The number of carbonyl (C=O) groups is 2. The zero-order chi connectivity index (χ0) is 31.8. The maximum atomic E-state index is 13.6. The molecule has 1 heterocycles. The van der Waals surface area contributed by atoms with E-state index in [0.717, 1.165) is 29.5 Å². The first-order chi connectivity index (χ1) is 21.9. The van der Waals surface area contributed by atoms with Crippen LogP contribution in [0, 0.1) is 5.82 Å². The van der Waals surface area contributed by atoms with Gasteiger partial charge in [-0.05, 0) is 78.6 Å². The molecule has 4 aromatic rings. The van der Waals surface area contributed by atoms with Crippen LogP contribution in [0.25, 0.3) is 22.3 Å².